The quantitative estimate of drug-likeness (QED) is 0.488. The summed E-state index contributed by atoms with van der Waals surface area (Å²) < 4.78 is 11.2. The molecule has 0 fully saturated rings. The molecule has 0 spiro atoms. The minimum atomic E-state index is 0.0817. The van der Waals surface area contributed by atoms with Crippen LogP contribution in [0, 0.1) is 0 Å². The first-order chi connectivity index (χ1) is 13.2. The number of benzene rings is 3. The summed E-state index contributed by atoms with van der Waals surface area (Å²) in [7, 11) is 0. The average molecular weight is 358 g/mol. The second-order valence-corrected chi connectivity index (χ2v) is 5.92. The molecule has 0 radical (unpaired) electrons. The fraction of sp³-hybridized carbons (Fsp3) is 0.0909. The van der Waals surface area contributed by atoms with Gasteiger partial charge in [-0.25, -0.2) is 4.98 Å². The van der Waals surface area contributed by atoms with Crippen LogP contribution in [0.2, 0.25) is 0 Å². The molecule has 5 nitrogen and oxygen atoms in total. The number of hydrogen-bond donors (Lipinski definition) is 1. The number of aromatic hydroxyl groups is 1. The van der Waals surface area contributed by atoms with Crippen LogP contribution >= 0.6 is 0 Å². The topological polar surface area (TPSA) is 67.9 Å². The number of nitrogens with zero attached hydrogens (tertiary/aromatic N) is 2. The van der Waals surface area contributed by atoms with Crippen molar-refractivity contribution in [1.29, 1.82) is 0 Å². The van der Waals surface area contributed by atoms with Gasteiger partial charge in [-0.1, -0.05) is 24.3 Å². The Morgan fingerprint density at radius 2 is 1.93 bits per heavy atom. The van der Waals surface area contributed by atoms with Crippen LogP contribution < -0.4 is 4.74 Å². The summed E-state index contributed by atoms with van der Waals surface area (Å²) in [5.41, 5.74) is 3.73. The van der Waals surface area contributed by atoms with Crippen molar-refractivity contribution in [2.24, 2.45) is 4.99 Å². The predicted octanol–water partition coefficient (Wildman–Crippen LogP) is 5.35. The molecule has 0 bridgehead atoms. The highest BCUT2D eigenvalue weighted by atomic mass is 16.5. The van der Waals surface area contributed by atoms with Gasteiger partial charge in [-0.3, -0.25) is 4.99 Å². The zero-order valence-electron chi connectivity index (χ0n) is 14.8. The first-order valence-corrected chi connectivity index (χ1v) is 8.69. The SMILES string of the molecule is CCOc1cccc(C=Nc2cccc(-c3nc4ccccc4o3)c2)c1O. The smallest absolute Gasteiger partial charge is 0.227 e. The van der Waals surface area contributed by atoms with Crippen LogP contribution in [0.5, 0.6) is 11.5 Å². The van der Waals surface area contributed by atoms with Gasteiger partial charge >= 0.3 is 0 Å². The number of aliphatic imine (C=N–C) groups is 1. The highest BCUT2D eigenvalue weighted by Crippen LogP contribution is 2.30. The number of rotatable bonds is 5. The maximum Gasteiger partial charge on any atom is 0.227 e. The van der Waals surface area contributed by atoms with Crippen LogP contribution in [0.3, 0.4) is 0 Å². The Kier molecular flexibility index (Phi) is 4.58. The van der Waals surface area contributed by atoms with E-state index >= 15 is 0 Å². The molecule has 1 heterocycles. The van der Waals surface area contributed by atoms with Crippen molar-refractivity contribution in [3.8, 4) is 23.0 Å². The predicted molar refractivity (Wildman–Crippen MR) is 106 cm³/mol. The average Bonchev–Trinajstić information content (AvgIpc) is 3.13. The third-order valence-corrected chi connectivity index (χ3v) is 4.07. The zero-order chi connectivity index (χ0) is 18.6. The van der Waals surface area contributed by atoms with E-state index in [2.05, 4.69) is 9.98 Å². The fourth-order valence-corrected chi connectivity index (χ4v) is 2.77. The number of oxazole rings is 1. The van der Waals surface area contributed by atoms with Gasteiger partial charge in [0.05, 0.1) is 12.3 Å². The van der Waals surface area contributed by atoms with E-state index in [0.717, 1.165) is 22.4 Å². The van der Waals surface area contributed by atoms with Crippen molar-refractivity contribution >= 4 is 23.0 Å². The van der Waals surface area contributed by atoms with Gasteiger partial charge in [0, 0.05) is 17.3 Å². The van der Waals surface area contributed by atoms with Crippen molar-refractivity contribution in [2.75, 3.05) is 6.61 Å². The molecule has 4 rings (SSSR count). The molecule has 1 aromatic heterocycles. The third kappa shape index (κ3) is 3.53. The monoisotopic (exact) mass is 358 g/mol. The summed E-state index contributed by atoms with van der Waals surface area (Å²) in [6.07, 6.45) is 1.61. The number of aromatic nitrogens is 1. The lowest BCUT2D eigenvalue weighted by Crippen LogP contribution is -1.93. The lowest BCUT2D eigenvalue weighted by atomic mass is 10.2. The van der Waals surface area contributed by atoms with Gasteiger partial charge in [0.1, 0.15) is 5.52 Å². The zero-order valence-corrected chi connectivity index (χ0v) is 14.8. The van der Waals surface area contributed by atoms with Crippen molar-refractivity contribution in [2.45, 2.75) is 6.92 Å². The Bertz CT molecular complexity index is 1080. The summed E-state index contributed by atoms with van der Waals surface area (Å²) in [6, 6.07) is 20.6. The molecule has 0 aliphatic carbocycles. The van der Waals surface area contributed by atoms with E-state index in [4.69, 9.17) is 9.15 Å². The summed E-state index contributed by atoms with van der Waals surface area (Å²) in [6.45, 7) is 2.36. The summed E-state index contributed by atoms with van der Waals surface area (Å²) >= 11 is 0. The van der Waals surface area contributed by atoms with Crippen LogP contribution in [0.25, 0.3) is 22.6 Å². The standard InChI is InChI=1S/C22H18N2O3/c1-2-26-20-12-6-8-16(21(20)25)14-23-17-9-5-7-15(13-17)22-24-18-10-3-4-11-19(18)27-22/h3-14,25H,2H2,1H3. The Morgan fingerprint density at radius 3 is 2.78 bits per heavy atom. The fourth-order valence-electron chi connectivity index (χ4n) is 2.77. The third-order valence-electron chi connectivity index (χ3n) is 4.07. The summed E-state index contributed by atoms with van der Waals surface area (Å²) in [5.74, 6) is 1.08. The van der Waals surface area contributed by atoms with Crippen molar-refractivity contribution in [1.82, 2.24) is 4.98 Å². The molecule has 0 saturated carbocycles. The van der Waals surface area contributed by atoms with Crippen molar-refractivity contribution in [3.63, 3.8) is 0 Å². The van der Waals surface area contributed by atoms with E-state index < -0.39 is 0 Å². The van der Waals surface area contributed by atoms with E-state index in [9.17, 15) is 5.11 Å². The molecule has 1 N–H and O–H groups in total. The summed E-state index contributed by atoms with van der Waals surface area (Å²) in [5, 5.41) is 10.3. The molecule has 0 amide bonds. The van der Waals surface area contributed by atoms with E-state index in [-0.39, 0.29) is 5.75 Å². The molecule has 0 aliphatic heterocycles. The van der Waals surface area contributed by atoms with E-state index in [1.54, 1.807) is 18.3 Å². The van der Waals surface area contributed by atoms with Gasteiger partial charge < -0.3 is 14.3 Å². The molecular formula is C22H18N2O3. The van der Waals surface area contributed by atoms with Crippen molar-refractivity contribution in [3.05, 3.63) is 72.3 Å². The Morgan fingerprint density at radius 1 is 1.07 bits per heavy atom. The van der Waals surface area contributed by atoms with Gasteiger partial charge in [-0.15, -0.1) is 0 Å². The molecule has 0 aliphatic rings. The van der Waals surface area contributed by atoms with Crippen LogP contribution in [0.1, 0.15) is 12.5 Å². The van der Waals surface area contributed by atoms with Crippen LogP contribution in [-0.4, -0.2) is 22.9 Å². The Labute approximate surface area is 156 Å². The first kappa shape index (κ1) is 16.8. The normalized spacial score (nSPS) is 11.3. The molecule has 0 saturated heterocycles. The number of fused-ring (bicyclic) bond motifs is 1. The number of phenols is 1. The minimum Gasteiger partial charge on any atom is -0.504 e. The highest BCUT2D eigenvalue weighted by molar-refractivity contribution is 5.87. The molecule has 5 heteroatoms. The van der Waals surface area contributed by atoms with Gasteiger partial charge in [-0.2, -0.15) is 0 Å². The lowest BCUT2D eigenvalue weighted by molar-refractivity contribution is 0.318. The van der Waals surface area contributed by atoms with E-state index in [0.29, 0.717) is 23.8 Å². The van der Waals surface area contributed by atoms with Crippen LogP contribution in [0.4, 0.5) is 5.69 Å². The van der Waals surface area contributed by atoms with E-state index in [1.807, 2.05) is 61.5 Å². The van der Waals surface area contributed by atoms with Crippen LogP contribution in [0.15, 0.2) is 76.1 Å². The Balaban J connectivity index is 1.63. The number of phenolic OH excluding ortho intramolecular Hbond substituents is 1. The van der Waals surface area contributed by atoms with E-state index in [1.165, 1.54) is 0 Å². The molecule has 0 atom stereocenters. The molecular weight excluding hydrogens is 340 g/mol. The molecule has 27 heavy (non-hydrogen) atoms. The second-order valence-electron chi connectivity index (χ2n) is 5.92. The largest absolute Gasteiger partial charge is 0.504 e. The summed E-state index contributed by atoms with van der Waals surface area (Å²) in [4.78, 5) is 8.98. The Hall–Kier alpha value is -3.60. The maximum atomic E-state index is 10.3. The minimum absolute atomic E-state index is 0.0817. The van der Waals surface area contributed by atoms with Crippen molar-refractivity contribution < 1.29 is 14.3 Å². The van der Waals surface area contributed by atoms with Crippen LogP contribution in [-0.2, 0) is 0 Å². The maximum absolute atomic E-state index is 10.3. The van der Waals surface area contributed by atoms with Gasteiger partial charge in [0.15, 0.2) is 17.1 Å². The molecule has 134 valence electrons. The number of para-hydroxylation sites is 3. The van der Waals surface area contributed by atoms with Gasteiger partial charge in [0.2, 0.25) is 5.89 Å². The molecule has 3 aromatic carbocycles. The van der Waals surface area contributed by atoms with Gasteiger partial charge in [-0.05, 0) is 49.4 Å². The second kappa shape index (κ2) is 7.33. The number of ether oxygens (including phenoxy) is 1. The first-order valence-electron chi connectivity index (χ1n) is 8.69. The van der Waals surface area contributed by atoms with Gasteiger partial charge in [0.25, 0.3) is 0 Å². The molecule has 4 aromatic rings. The molecule has 0 unspecified atom stereocenters. The lowest BCUT2D eigenvalue weighted by Gasteiger charge is -2.07. The highest BCUT2D eigenvalue weighted by Gasteiger charge is 2.09. The number of hydrogen-bond acceptors (Lipinski definition) is 5.